The third kappa shape index (κ3) is 3.99. The molecule has 1 aromatic heterocycles. The molecule has 0 radical (unpaired) electrons. The zero-order valence-corrected chi connectivity index (χ0v) is 15.4. The highest BCUT2D eigenvalue weighted by atomic mass is 16.5. The van der Waals surface area contributed by atoms with Gasteiger partial charge in [0, 0.05) is 11.8 Å². The molecule has 0 unspecified atom stereocenters. The average Bonchev–Trinajstić information content (AvgIpc) is 2.68. The largest absolute Gasteiger partial charge is 0.462 e. The van der Waals surface area contributed by atoms with Gasteiger partial charge in [0.2, 0.25) is 0 Å². The quantitative estimate of drug-likeness (QED) is 0.556. The molecule has 26 heavy (non-hydrogen) atoms. The topological polar surface area (TPSA) is 39.2 Å². The Bertz CT molecular complexity index is 898. The first kappa shape index (κ1) is 17.9. The van der Waals surface area contributed by atoms with Crippen molar-refractivity contribution in [3.8, 4) is 22.4 Å². The van der Waals surface area contributed by atoms with Crippen molar-refractivity contribution in [1.82, 2.24) is 4.98 Å². The molecule has 0 aliphatic heterocycles. The smallest absolute Gasteiger partial charge is 0.338 e. The van der Waals surface area contributed by atoms with Gasteiger partial charge in [0.15, 0.2) is 0 Å². The summed E-state index contributed by atoms with van der Waals surface area (Å²) in [5.41, 5.74) is 5.85. The molecule has 0 atom stereocenters. The molecule has 0 saturated heterocycles. The van der Waals surface area contributed by atoms with Crippen molar-refractivity contribution in [1.29, 1.82) is 0 Å². The summed E-state index contributed by atoms with van der Waals surface area (Å²) in [5, 5.41) is 0. The van der Waals surface area contributed by atoms with Crippen molar-refractivity contribution in [3.63, 3.8) is 0 Å². The van der Waals surface area contributed by atoms with Crippen LogP contribution in [0.15, 0.2) is 66.9 Å². The Balaban J connectivity index is 1.92. The molecule has 3 rings (SSSR count). The number of hydrogen-bond acceptors (Lipinski definition) is 3. The Morgan fingerprint density at radius 3 is 2.42 bits per heavy atom. The van der Waals surface area contributed by atoms with Crippen LogP contribution in [0.5, 0.6) is 0 Å². The molecule has 0 aliphatic carbocycles. The summed E-state index contributed by atoms with van der Waals surface area (Å²) in [6.45, 7) is 6.55. The maximum Gasteiger partial charge on any atom is 0.338 e. The normalized spacial score (nSPS) is 10.8. The van der Waals surface area contributed by atoms with Crippen LogP contribution >= 0.6 is 0 Å². The van der Waals surface area contributed by atoms with E-state index in [9.17, 15) is 4.79 Å². The van der Waals surface area contributed by atoms with Gasteiger partial charge < -0.3 is 4.74 Å². The summed E-state index contributed by atoms with van der Waals surface area (Å²) in [6, 6.07) is 20.1. The molecule has 3 nitrogen and oxygen atoms in total. The number of pyridine rings is 1. The molecular formula is C23H23NO2. The van der Waals surface area contributed by atoms with E-state index in [-0.39, 0.29) is 5.97 Å². The molecule has 0 fully saturated rings. The van der Waals surface area contributed by atoms with Gasteiger partial charge in [0.05, 0.1) is 17.9 Å². The summed E-state index contributed by atoms with van der Waals surface area (Å²) in [5.74, 6) is 0.206. The first-order valence-corrected chi connectivity index (χ1v) is 8.92. The van der Waals surface area contributed by atoms with E-state index in [4.69, 9.17) is 4.74 Å². The Kier molecular flexibility index (Phi) is 5.47. The fourth-order valence-electron chi connectivity index (χ4n) is 2.85. The number of benzene rings is 2. The van der Waals surface area contributed by atoms with Crippen molar-refractivity contribution in [2.24, 2.45) is 0 Å². The molecule has 3 aromatic rings. The van der Waals surface area contributed by atoms with Crippen LogP contribution < -0.4 is 0 Å². The highest BCUT2D eigenvalue weighted by molar-refractivity contribution is 5.91. The lowest BCUT2D eigenvalue weighted by atomic mass is 9.98. The number of hydrogen-bond donors (Lipinski definition) is 0. The van der Waals surface area contributed by atoms with Crippen LogP contribution in [0.1, 0.15) is 42.6 Å². The monoisotopic (exact) mass is 345 g/mol. The van der Waals surface area contributed by atoms with Crippen LogP contribution in [-0.4, -0.2) is 17.6 Å². The number of aromatic nitrogens is 1. The fraction of sp³-hybridized carbons (Fsp3) is 0.217. The summed E-state index contributed by atoms with van der Waals surface area (Å²) < 4.78 is 5.08. The number of carbonyl (C=O) groups excluding carboxylic acids is 1. The lowest BCUT2D eigenvalue weighted by molar-refractivity contribution is 0.0526. The molecule has 2 aromatic carbocycles. The van der Waals surface area contributed by atoms with Gasteiger partial charge in [-0.3, -0.25) is 4.98 Å². The molecular weight excluding hydrogens is 322 g/mol. The van der Waals surface area contributed by atoms with Crippen molar-refractivity contribution in [3.05, 3.63) is 78.0 Å². The van der Waals surface area contributed by atoms with Gasteiger partial charge >= 0.3 is 5.97 Å². The zero-order chi connectivity index (χ0) is 18.5. The second-order valence-corrected chi connectivity index (χ2v) is 6.51. The third-order valence-electron chi connectivity index (χ3n) is 4.34. The van der Waals surface area contributed by atoms with Crippen molar-refractivity contribution in [2.75, 3.05) is 6.61 Å². The first-order chi connectivity index (χ1) is 12.6. The minimum Gasteiger partial charge on any atom is -0.462 e. The Hall–Kier alpha value is -2.94. The standard InChI is InChI=1S/C23H23NO2/c1-4-26-23(25)21-7-5-6-20(14-21)22-15-19(12-13-24-22)18-10-8-17(9-11-18)16(2)3/h5-16H,4H2,1-3H3. The van der Waals surface area contributed by atoms with Gasteiger partial charge in [-0.15, -0.1) is 0 Å². The molecule has 0 amide bonds. The highest BCUT2D eigenvalue weighted by Crippen LogP contribution is 2.26. The average molecular weight is 345 g/mol. The van der Waals surface area contributed by atoms with E-state index in [2.05, 4.69) is 49.2 Å². The van der Waals surface area contributed by atoms with Gasteiger partial charge in [-0.25, -0.2) is 4.79 Å². The van der Waals surface area contributed by atoms with E-state index in [0.29, 0.717) is 18.1 Å². The summed E-state index contributed by atoms with van der Waals surface area (Å²) in [7, 11) is 0. The van der Waals surface area contributed by atoms with Gasteiger partial charge in [-0.2, -0.15) is 0 Å². The number of nitrogens with zero attached hydrogens (tertiary/aromatic N) is 1. The molecule has 0 saturated carbocycles. The molecule has 0 aliphatic rings. The van der Waals surface area contributed by atoms with Gasteiger partial charge in [-0.05, 0) is 53.8 Å². The predicted octanol–water partition coefficient (Wildman–Crippen LogP) is 5.72. The van der Waals surface area contributed by atoms with Gasteiger partial charge in [0.25, 0.3) is 0 Å². The number of ether oxygens (including phenoxy) is 1. The molecule has 132 valence electrons. The van der Waals surface area contributed by atoms with E-state index in [1.165, 1.54) is 5.56 Å². The molecule has 3 heteroatoms. The molecule has 0 bridgehead atoms. The van der Waals surface area contributed by atoms with Crippen LogP contribution in [0.2, 0.25) is 0 Å². The second-order valence-electron chi connectivity index (χ2n) is 6.51. The predicted molar refractivity (Wildman–Crippen MR) is 105 cm³/mol. The van der Waals surface area contributed by atoms with Crippen molar-refractivity contribution < 1.29 is 9.53 Å². The van der Waals surface area contributed by atoms with Crippen LogP contribution in [0.3, 0.4) is 0 Å². The summed E-state index contributed by atoms with van der Waals surface area (Å²) in [4.78, 5) is 16.4. The number of rotatable bonds is 5. The van der Waals surface area contributed by atoms with E-state index in [0.717, 1.165) is 22.4 Å². The minimum atomic E-state index is -0.310. The Morgan fingerprint density at radius 1 is 0.962 bits per heavy atom. The maximum atomic E-state index is 12.0. The highest BCUT2D eigenvalue weighted by Gasteiger charge is 2.09. The van der Waals surface area contributed by atoms with Crippen LogP contribution in [0.4, 0.5) is 0 Å². The fourth-order valence-corrected chi connectivity index (χ4v) is 2.85. The van der Waals surface area contributed by atoms with Crippen molar-refractivity contribution >= 4 is 5.97 Å². The van der Waals surface area contributed by atoms with E-state index >= 15 is 0 Å². The van der Waals surface area contributed by atoms with E-state index < -0.39 is 0 Å². The van der Waals surface area contributed by atoms with Gasteiger partial charge in [0.1, 0.15) is 0 Å². The van der Waals surface area contributed by atoms with E-state index in [1.54, 1.807) is 19.2 Å². The first-order valence-electron chi connectivity index (χ1n) is 8.92. The zero-order valence-electron chi connectivity index (χ0n) is 15.4. The van der Waals surface area contributed by atoms with E-state index in [1.807, 2.05) is 24.3 Å². The maximum absolute atomic E-state index is 12.0. The summed E-state index contributed by atoms with van der Waals surface area (Å²) in [6.07, 6.45) is 1.80. The number of carbonyl (C=O) groups is 1. The lowest BCUT2D eigenvalue weighted by Crippen LogP contribution is -2.04. The van der Waals surface area contributed by atoms with Crippen LogP contribution in [0, 0.1) is 0 Å². The van der Waals surface area contributed by atoms with Crippen molar-refractivity contribution in [2.45, 2.75) is 26.7 Å². The molecule has 0 N–H and O–H groups in total. The third-order valence-corrected chi connectivity index (χ3v) is 4.34. The SMILES string of the molecule is CCOC(=O)c1cccc(-c2cc(-c3ccc(C(C)C)cc3)ccn2)c1. The van der Waals surface area contributed by atoms with Crippen LogP contribution in [0.25, 0.3) is 22.4 Å². The Morgan fingerprint density at radius 2 is 1.73 bits per heavy atom. The molecule has 0 spiro atoms. The number of esters is 1. The second kappa shape index (κ2) is 7.96. The summed E-state index contributed by atoms with van der Waals surface area (Å²) >= 11 is 0. The van der Waals surface area contributed by atoms with Gasteiger partial charge in [-0.1, -0.05) is 50.2 Å². The molecule has 1 heterocycles. The van der Waals surface area contributed by atoms with Crippen LogP contribution in [-0.2, 0) is 4.74 Å². The minimum absolute atomic E-state index is 0.310. The Labute approximate surface area is 154 Å². The lowest BCUT2D eigenvalue weighted by Gasteiger charge is -2.09.